The van der Waals surface area contributed by atoms with Gasteiger partial charge in [0.05, 0.1) is 28.4 Å². The number of fused-ring (bicyclic) bond motifs is 2. The highest BCUT2D eigenvalue weighted by atomic mass is 32.1. The molecule has 6 heteroatoms. The predicted molar refractivity (Wildman–Crippen MR) is 96.9 cm³/mol. The van der Waals surface area contributed by atoms with Crippen LogP contribution in [0, 0.1) is 0 Å². The molecule has 0 saturated carbocycles. The molecule has 0 aliphatic heterocycles. The highest BCUT2D eigenvalue weighted by Crippen LogP contribution is 2.36. The fourth-order valence-corrected chi connectivity index (χ4v) is 4.14. The number of hydrogen-bond donors (Lipinski definition) is 1. The van der Waals surface area contributed by atoms with E-state index in [1.165, 1.54) is 22.7 Å². The summed E-state index contributed by atoms with van der Waals surface area (Å²) >= 11 is 3.01. The zero-order valence-electron chi connectivity index (χ0n) is 12.2. The Morgan fingerprint density at radius 3 is 2.83 bits per heavy atom. The van der Waals surface area contributed by atoms with E-state index in [0.29, 0.717) is 5.13 Å². The summed E-state index contributed by atoms with van der Waals surface area (Å²) in [7, 11) is 1.64. The van der Waals surface area contributed by atoms with Gasteiger partial charge in [-0.1, -0.05) is 23.5 Å². The van der Waals surface area contributed by atoms with Crippen molar-refractivity contribution in [3.63, 3.8) is 0 Å². The molecule has 0 radical (unpaired) electrons. The minimum Gasteiger partial charge on any atom is -0.506 e. The zero-order chi connectivity index (χ0) is 15.8. The molecule has 0 spiro atoms. The minimum atomic E-state index is 0.275. The first-order valence-electron chi connectivity index (χ1n) is 6.94. The zero-order valence-corrected chi connectivity index (χ0v) is 13.8. The Balaban J connectivity index is 1.71. The molecule has 2 heterocycles. The maximum absolute atomic E-state index is 10.3. The van der Waals surface area contributed by atoms with Gasteiger partial charge in [0.25, 0.3) is 0 Å². The van der Waals surface area contributed by atoms with Gasteiger partial charge in [0.15, 0.2) is 0 Å². The summed E-state index contributed by atoms with van der Waals surface area (Å²) in [6, 6.07) is 13.5. The minimum absolute atomic E-state index is 0.275. The third-order valence-electron chi connectivity index (χ3n) is 3.47. The Morgan fingerprint density at radius 2 is 2.00 bits per heavy atom. The van der Waals surface area contributed by atoms with E-state index in [0.717, 1.165) is 30.9 Å². The lowest BCUT2D eigenvalue weighted by atomic mass is 10.2. The van der Waals surface area contributed by atoms with E-state index in [4.69, 9.17) is 4.74 Å². The van der Waals surface area contributed by atoms with E-state index in [2.05, 4.69) is 9.98 Å². The van der Waals surface area contributed by atoms with Gasteiger partial charge in [0, 0.05) is 10.1 Å². The number of thiophene rings is 1. The van der Waals surface area contributed by atoms with Crippen LogP contribution in [-0.4, -0.2) is 23.4 Å². The number of nitrogens with zero attached hydrogens (tertiary/aromatic N) is 2. The summed E-state index contributed by atoms with van der Waals surface area (Å²) in [5.41, 5.74) is 0.892. The Morgan fingerprint density at radius 1 is 1.13 bits per heavy atom. The number of thiazole rings is 1. The molecule has 0 unspecified atom stereocenters. The summed E-state index contributed by atoms with van der Waals surface area (Å²) in [6.45, 7) is 0. The van der Waals surface area contributed by atoms with Crippen molar-refractivity contribution in [2.24, 2.45) is 4.99 Å². The third-order valence-corrected chi connectivity index (χ3v) is 5.49. The average molecular weight is 340 g/mol. The highest BCUT2D eigenvalue weighted by Gasteiger charge is 2.09. The first kappa shape index (κ1) is 14.2. The number of ether oxygens (including phenoxy) is 1. The number of aliphatic imine (C=N–C) groups is 1. The Labute approximate surface area is 140 Å². The SMILES string of the molecule is COc1ccc2nc(N=Cc3sc4ccccc4c3O)sc2c1. The summed E-state index contributed by atoms with van der Waals surface area (Å²) in [5.74, 6) is 1.08. The first-order valence-corrected chi connectivity index (χ1v) is 8.57. The van der Waals surface area contributed by atoms with Gasteiger partial charge in [0.2, 0.25) is 5.13 Å². The van der Waals surface area contributed by atoms with Crippen molar-refractivity contribution in [3.05, 3.63) is 47.3 Å². The van der Waals surface area contributed by atoms with E-state index < -0.39 is 0 Å². The lowest BCUT2D eigenvalue weighted by Crippen LogP contribution is -1.80. The van der Waals surface area contributed by atoms with Gasteiger partial charge in [-0.05, 0) is 30.3 Å². The third kappa shape index (κ3) is 2.56. The van der Waals surface area contributed by atoms with Crippen LogP contribution in [0.4, 0.5) is 5.13 Å². The monoisotopic (exact) mass is 340 g/mol. The number of benzene rings is 2. The second-order valence-electron chi connectivity index (χ2n) is 4.90. The van der Waals surface area contributed by atoms with Crippen molar-refractivity contribution in [3.8, 4) is 11.5 Å². The molecule has 4 nitrogen and oxygen atoms in total. The van der Waals surface area contributed by atoms with Crippen molar-refractivity contribution in [2.75, 3.05) is 7.11 Å². The molecule has 23 heavy (non-hydrogen) atoms. The van der Waals surface area contributed by atoms with Crippen LogP contribution in [0.5, 0.6) is 11.5 Å². The maximum atomic E-state index is 10.3. The maximum Gasteiger partial charge on any atom is 0.210 e. The second kappa shape index (κ2) is 5.64. The molecule has 4 aromatic rings. The molecule has 1 N–H and O–H groups in total. The summed E-state index contributed by atoms with van der Waals surface area (Å²) in [4.78, 5) is 9.63. The molecule has 0 amide bonds. The lowest BCUT2D eigenvalue weighted by molar-refractivity contribution is 0.415. The molecule has 0 aliphatic rings. The highest BCUT2D eigenvalue weighted by molar-refractivity contribution is 7.22. The van der Waals surface area contributed by atoms with E-state index >= 15 is 0 Å². The molecule has 114 valence electrons. The molecule has 0 aliphatic carbocycles. The topological polar surface area (TPSA) is 54.7 Å². The summed E-state index contributed by atoms with van der Waals surface area (Å²) in [6.07, 6.45) is 1.68. The van der Waals surface area contributed by atoms with Crippen LogP contribution >= 0.6 is 22.7 Å². The van der Waals surface area contributed by atoms with Crippen molar-refractivity contribution < 1.29 is 9.84 Å². The molecule has 0 fully saturated rings. The quantitative estimate of drug-likeness (QED) is 0.535. The molecule has 0 atom stereocenters. The van der Waals surface area contributed by atoms with Gasteiger partial charge in [0.1, 0.15) is 11.5 Å². The van der Waals surface area contributed by atoms with Crippen LogP contribution in [0.15, 0.2) is 47.5 Å². The fraction of sp³-hybridized carbons (Fsp3) is 0.0588. The predicted octanol–water partition coefficient (Wildman–Crippen LogP) is 4.98. The van der Waals surface area contributed by atoms with E-state index in [1.807, 2.05) is 42.5 Å². The number of aromatic nitrogens is 1. The number of aromatic hydroxyl groups is 1. The van der Waals surface area contributed by atoms with Crippen LogP contribution < -0.4 is 4.74 Å². The van der Waals surface area contributed by atoms with E-state index in [-0.39, 0.29) is 5.75 Å². The van der Waals surface area contributed by atoms with Crippen LogP contribution in [0.1, 0.15) is 4.88 Å². The van der Waals surface area contributed by atoms with Crippen molar-refractivity contribution in [1.29, 1.82) is 0 Å². The van der Waals surface area contributed by atoms with Crippen molar-refractivity contribution in [2.45, 2.75) is 0 Å². The number of methoxy groups -OCH3 is 1. The average Bonchev–Trinajstić information content (AvgIpc) is 3.13. The Hall–Kier alpha value is -2.44. The van der Waals surface area contributed by atoms with Crippen molar-refractivity contribution in [1.82, 2.24) is 4.98 Å². The van der Waals surface area contributed by atoms with Crippen LogP contribution in [0.3, 0.4) is 0 Å². The largest absolute Gasteiger partial charge is 0.506 e. The van der Waals surface area contributed by atoms with Crippen LogP contribution in [0.25, 0.3) is 20.3 Å². The summed E-state index contributed by atoms with van der Waals surface area (Å²) in [5, 5.41) is 11.8. The van der Waals surface area contributed by atoms with Gasteiger partial charge >= 0.3 is 0 Å². The van der Waals surface area contributed by atoms with Crippen LogP contribution in [-0.2, 0) is 0 Å². The normalized spacial score (nSPS) is 11.7. The molecular weight excluding hydrogens is 328 g/mol. The van der Waals surface area contributed by atoms with Crippen LogP contribution in [0.2, 0.25) is 0 Å². The molecular formula is C17H12N2O2S2. The first-order chi connectivity index (χ1) is 11.2. The second-order valence-corrected chi connectivity index (χ2v) is 6.99. The smallest absolute Gasteiger partial charge is 0.210 e. The number of rotatable bonds is 3. The molecule has 0 bridgehead atoms. The standard InChI is InChI=1S/C17H12N2O2S2/c1-21-10-6-7-12-14(8-10)23-17(19-12)18-9-15-16(20)11-4-2-3-5-13(11)22-15/h2-9,20H,1H3. The number of hydrogen-bond acceptors (Lipinski definition) is 6. The fourth-order valence-electron chi connectivity index (χ4n) is 2.33. The van der Waals surface area contributed by atoms with Gasteiger partial charge in [-0.15, -0.1) is 11.3 Å². The van der Waals surface area contributed by atoms with E-state index in [1.54, 1.807) is 13.3 Å². The lowest BCUT2D eigenvalue weighted by Gasteiger charge is -1.96. The van der Waals surface area contributed by atoms with Gasteiger partial charge in [-0.25, -0.2) is 9.98 Å². The molecule has 0 saturated heterocycles. The summed E-state index contributed by atoms with van der Waals surface area (Å²) < 4.78 is 7.29. The van der Waals surface area contributed by atoms with E-state index in [9.17, 15) is 5.11 Å². The van der Waals surface area contributed by atoms with Crippen molar-refractivity contribution >= 4 is 54.3 Å². The van der Waals surface area contributed by atoms with Gasteiger partial charge in [-0.2, -0.15) is 0 Å². The molecule has 4 rings (SSSR count). The Bertz CT molecular complexity index is 1030. The molecule has 2 aromatic carbocycles. The van der Waals surface area contributed by atoms with Gasteiger partial charge < -0.3 is 9.84 Å². The molecule has 2 aromatic heterocycles. The van der Waals surface area contributed by atoms with Gasteiger partial charge in [-0.3, -0.25) is 0 Å². The Kier molecular flexibility index (Phi) is 3.48.